The van der Waals surface area contributed by atoms with Gasteiger partial charge in [-0.2, -0.15) is 0 Å². The molecule has 2 rings (SSSR count). The molecule has 0 aliphatic heterocycles. The highest BCUT2D eigenvalue weighted by Gasteiger charge is 2.20. The smallest absolute Gasteiger partial charge is 0.270 e. The van der Waals surface area contributed by atoms with Gasteiger partial charge in [0.05, 0.1) is 10.5 Å². The van der Waals surface area contributed by atoms with Gasteiger partial charge in [0.2, 0.25) is 5.91 Å². The first-order valence-electron chi connectivity index (χ1n) is 7.14. The van der Waals surface area contributed by atoms with Gasteiger partial charge in [-0.25, -0.2) is 4.98 Å². The summed E-state index contributed by atoms with van der Waals surface area (Å²) >= 11 is 6.10. The molecule has 0 radical (unpaired) electrons. The third-order valence-electron chi connectivity index (χ3n) is 3.35. The van der Waals surface area contributed by atoms with E-state index in [4.69, 9.17) is 11.6 Å². The largest absolute Gasteiger partial charge is 0.357 e. The standard InChI is InChI=1S/C16H18ClN3O2/c1-3-5-12(15(21)18-2)20-16(22)13-9-8-10-6-4-7-11(17)14(10)19-13/h4,6-9,12H,3,5H2,1-2H3,(H,18,21)(H,20,22)/t12-/m0/s1. The lowest BCUT2D eigenvalue weighted by atomic mass is 10.1. The molecule has 2 amide bonds. The highest BCUT2D eigenvalue weighted by Crippen LogP contribution is 2.21. The number of nitrogens with one attached hydrogen (secondary N) is 2. The van der Waals surface area contributed by atoms with Crippen LogP contribution in [0.25, 0.3) is 10.9 Å². The van der Waals surface area contributed by atoms with Crippen LogP contribution in [0.4, 0.5) is 0 Å². The fraction of sp³-hybridized carbons (Fsp3) is 0.312. The first kappa shape index (κ1) is 16.2. The molecule has 5 nitrogen and oxygen atoms in total. The minimum Gasteiger partial charge on any atom is -0.357 e. The van der Waals surface area contributed by atoms with E-state index in [2.05, 4.69) is 15.6 Å². The zero-order valence-electron chi connectivity index (χ0n) is 12.5. The van der Waals surface area contributed by atoms with Crippen molar-refractivity contribution in [1.82, 2.24) is 15.6 Å². The van der Waals surface area contributed by atoms with Gasteiger partial charge < -0.3 is 10.6 Å². The molecule has 1 heterocycles. The van der Waals surface area contributed by atoms with Gasteiger partial charge in [0.25, 0.3) is 5.91 Å². The number of benzene rings is 1. The van der Waals surface area contributed by atoms with E-state index in [0.29, 0.717) is 17.0 Å². The molecule has 0 saturated heterocycles. The molecular weight excluding hydrogens is 302 g/mol. The number of likely N-dealkylation sites (N-methyl/N-ethyl adjacent to an activating group) is 1. The maximum atomic E-state index is 12.3. The molecule has 0 unspecified atom stereocenters. The molecule has 0 saturated carbocycles. The molecule has 0 fully saturated rings. The van der Waals surface area contributed by atoms with Crippen LogP contribution in [0.5, 0.6) is 0 Å². The molecule has 6 heteroatoms. The van der Waals surface area contributed by atoms with Crippen molar-refractivity contribution in [3.05, 3.63) is 41.0 Å². The molecule has 2 aromatic rings. The lowest BCUT2D eigenvalue weighted by molar-refractivity contribution is -0.122. The predicted molar refractivity (Wildman–Crippen MR) is 87.0 cm³/mol. The highest BCUT2D eigenvalue weighted by atomic mass is 35.5. The number of nitrogens with zero attached hydrogens (tertiary/aromatic N) is 1. The Balaban J connectivity index is 2.25. The zero-order chi connectivity index (χ0) is 16.1. The Kier molecular flexibility index (Phi) is 5.33. The van der Waals surface area contributed by atoms with Gasteiger partial charge in [0.1, 0.15) is 11.7 Å². The molecule has 22 heavy (non-hydrogen) atoms. The van der Waals surface area contributed by atoms with E-state index in [9.17, 15) is 9.59 Å². The number of halogens is 1. The number of carbonyl (C=O) groups is 2. The van der Waals surface area contributed by atoms with E-state index < -0.39 is 6.04 Å². The molecule has 1 aromatic heterocycles. The minimum absolute atomic E-state index is 0.214. The summed E-state index contributed by atoms with van der Waals surface area (Å²) in [6, 6.07) is 8.28. The number of pyridine rings is 1. The summed E-state index contributed by atoms with van der Waals surface area (Å²) in [7, 11) is 1.55. The topological polar surface area (TPSA) is 71.1 Å². The number of para-hydroxylation sites is 1. The Morgan fingerprint density at radius 3 is 2.73 bits per heavy atom. The van der Waals surface area contributed by atoms with Crippen LogP contribution in [0.15, 0.2) is 30.3 Å². The normalized spacial score (nSPS) is 12.0. The van der Waals surface area contributed by atoms with E-state index >= 15 is 0 Å². The second kappa shape index (κ2) is 7.22. The summed E-state index contributed by atoms with van der Waals surface area (Å²) in [5.41, 5.74) is 0.814. The summed E-state index contributed by atoms with van der Waals surface area (Å²) < 4.78 is 0. The van der Waals surface area contributed by atoms with Crippen LogP contribution in [-0.2, 0) is 4.79 Å². The SMILES string of the molecule is CCC[C@H](NC(=O)c1ccc2cccc(Cl)c2n1)C(=O)NC. The van der Waals surface area contributed by atoms with Gasteiger partial charge in [-0.15, -0.1) is 0 Å². The minimum atomic E-state index is -0.564. The Bertz CT molecular complexity index is 703. The van der Waals surface area contributed by atoms with Crippen molar-refractivity contribution in [3.63, 3.8) is 0 Å². The van der Waals surface area contributed by atoms with Crippen molar-refractivity contribution in [2.75, 3.05) is 7.05 Å². The summed E-state index contributed by atoms with van der Waals surface area (Å²) in [4.78, 5) is 28.4. The molecule has 1 atom stereocenters. The van der Waals surface area contributed by atoms with Crippen LogP contribution in [0.3, 0.4) is 0 Å². The van der Waals surface area contributed by atoms with Gasteiger partial charge in [0.15, 0.2) is 0 Å². The van der Waals surface area contributed by atoms with Gasteiger partial charge in [-0.05, 0) is 18.6 Å². The molecule has 0 aliphatic carbocycles. The maximum Gasteiger partial charge on any atom is 0.270 e. The van der Waals surface area contributed by atoms with Crippen molar-refractivity contribution in [3.8, 4) is 0 Å². The molecular formula is C16H18ClN3O2. The van der Waals surface area contributed by atoms with Gasteiger partial charge in [-0.3, -0.25) is 9.59 Å². The molecule has 1 aromatic carbocycles. The van der Waals surface area contributed by atoms with Crippen LogP contribution in [0.2, 0.25) is 5.02 Å². The van der Waals surface area contributed by atoms with Gasteiger partial charge >= 0.3 is 0 Å². The fourth-order valence-corrected chi connectivity index (χ4v) is 2.43. The van der Waals surface area contributed by atoms with Crippen LogP contribution in [0.1, 0.15) is 30.3 Å². The van der Waals surface area contributed by atoms with E-state index in [1.54, 1.807) is 25.2 Å². The van der Waals surface area contributed by atoms with E-state index in [0.717, 1.165) is 11.8 Å². The van der Waals surface area contributed by atoms with Gasteiger partial charge in [-0.1, -0.05) is 43.1 Å². The number of hydrogen-bond acceptors (Lipinski definition) is 3. The highest BCUT2D eigenvalue weighted by molar-refractivity contribution is 6.35. The Morgan fingerprint density at radius 1 is 1.27 bits per heavy atom. The average molecular weight is 320 g/mol. The fourth-order valence-electron chi connectivity index (χ4n) is 2.20. The second-order valence-electron chi connectivity index (χ2n) is 4.94. The van der Waals surface area contributed by atoms with E-state index in [1.807, 2.05) is 19.1 Å². The monoisotopic (exact) mass is 319 g/mol. The van der Waals surface area contributed by atoms with Crippen molar-refractivity contribution in [2.45, 2.75) is 25.8 Å². The van der Waals surface area contributed by atoms with Crippen LogP contribution in [-0.4, -0.2) is 29.9 Å². The molecule has 0 aliphatic rings. The number of amides is 2. The summed E-state index contributed by atoms with van der Waals surface area (Å²) in [6.07, 6.45) is 1.36. The van der Waals surface area contributed by atoms with Gasteiger partial charge in [0, 0.05) is 12.4 Å². The maximum absolute atomic E-state index is 12.3. The third-order valence-corrected chi connectivity index (χ3v) is 3.65. The molecule has 0 spiro atoms. The first-order valence-corrected chi connectivity index (χ1v) is 7.52. The number of rotatable bonds is 5. The van der Waals surface area contributed by atoms with E-state index in [1.165, 1.54) is 0 Å². The van der Waals surface area contributed by atoms with Crippen molar-refractivity contribution >= 4 is 34.3 Å². The predicted octanol–water partition coefficient (Wildman–Crippen LogP) is 2.53. The summed E-state index contributed by atoms with van der Waals surface area (Å²) in [6.45, 7) is 1.95. The molecule has 116 valence electrons. The van der Waals surface area contributed by atoms with Crippen LogP contribution in [0, 0.1) is 0 Å². The second-order valence-corrected chi connectivity index (χ2v) is 5.34. The van der Waals surface area contributed by atoms with Crippen molar-refractivity contribution in [2.24, 2.45) is 0 Å². The molecule has 0 bridgehead atoms. The lowest BCUT2D eigenvalue weighted by Crippen LogP contribution is -2.45. The Labute approximate surface area is 134 Å². The number of aromatic nitrogens is 1. The van der Waals surface area contributed by atoms with Crippen molar-refractivity contribution in [1.29, 1.82) is 0 Å². The van der Waals surface area contributed by atoms with Crippen LogP contribution < -0.4 is 10.6 Å². The zero-order valence-corrected chi connectivity index (χ0v) is 13.3. The van der Waals surface area contributed by atoms with E-state index in [-0.39, 0.29) is 17.5 Å². The summed E-state index contributed by atoms with van der Waals surface area (Å²) in [5, 5.41) is 6.61. The lowest BCUT2D eigenvalue weighted by Gasteiger charge is -2.16. The first-order chi connectivity index (χ1) is 10.6. The van der Waals surface area contributed by atoms with Crippen molar-refractivity contribution < 1.29 is 9.59 Å². The summed E-state index contributed by atoms with van der Waals surface area (Å²) in [5.74, 6) is -0.599. The Morgan fingerprint density at radius 2 is 2.05 bits per heavy atom. The number of hydrogen-bond donors (Lipinski definition) is 2. The molecule has 2 N–H and O–H groups in total. The average Bonchev–Trinajstić information content (AvgIpc) is 2.53. The Hall–Kier alpha value is -2.14. The number of carbonyl (C=O) groups excluding carboxylic acids is 2. The third kappa shape index (κ3) is 3.54. The quantitative estimate of drug-likeness (QED) is 0.889. The number of fused-ring (bicyclic) bond motifs is 1. The van der Waals surface area contributed by atoms with Crippen LogP contribution >= 0.6 is 11.6 Å².